The van der Waals surface area contributed by atoms with Crippen molar-refractivity contribution >= 4 is 5.91 Å². The van der Waals surface area contributed by atoms with E-state index in [0.29, 0.717) is 17.9 Å². The van der Waals surface area contributed by atoms with Crippen LogP contribution in [-0.2, 0) is 6.54 Å². The highest BCUT2D eigenvalue weighted by atomic mass is 16.5. The zero-order valence-electron chi connectivity index (χ0n) is 13.7. The van der Waals surface area contributed by atoms with E-state index in [1.54, 1.807) is 31.5 Å². The van der Waals surface area contributed by atoms with Crippen molar-refractivity contribution < 1.29 is 9.53 Å². The minimum absolute atomic E-state index is 0.133. The van der Waals surface area contributed by atoms with Gasteiger partial charge in [-0.25, -0.2) is 4.98 Å². The fraction of sp³-hybridized carbons (Fsp3) is 0.158. The van der Waals surface area contributed by atoms with Crippen LogP contribution >= 0.6 is 0 Å². The highest BCUT2D eigenvalue weighted by molar-refractivity contribution is 5.94. The first-order valence-corrected chi connectivity index (χ1v) is 7.69. The summed E-state index contributed by atoms with van der Waals surface area (Å²) in [6.07, 6.45) is 3.68. The van der Waals surface area contributed by atoms with Gasteiger partial charge in [0.05, 0.1) is 12.8 Å². The molecule has 0 atom stereocenters. The van der Waals surface area contributed by atoms with Gasteiger partial charge in [0.15, 0.2) is 0 Å². The highest BCUT2D eigenvalue weighted by Crippen LogP contribution is 2.17. The van der Waals surface area contributed by atoms with Crippen LogP contribution in [0, 0.1) is 6.92 Å². The Morgan fingerprint density at radius 2 is 2.04 bits per heavy atom. The Bertz CT molecular complexity index is 855. The number of methoxy groups -OCH3 is 1. The zero-order valence-corrected chi connectivity index (χ0v) is 13.7. The largest absolute Gasteiger partial charge is 0.497 e. The van der Waals surface area contributed by atoms with Crippen molar-refractivity contribution in [1.82, 2.24) is 14.9 Å². The third kappa shape index (κ3) is 3.30. The number of amides is 1. The van der Waals surface area contributed by atoms with E-state index < -0.39 is 0 Å². The highest BCUT2D eigenvalue weighted by Gasteiger charge is 2.10. The Balaban J connectivity index is 1.78. The van der Waals surface area contributed by atoms with Crippen molar-refractivity contribution in [2.75, 3.05) is 7.11 Å². The molecular formula is C19H19N3O2. The lowest BCUT2D eigenvalue weighted by molar-refractivity contribution is 0.0950. The van der Waals surface area contributed by atoms with Gasteiger partial charge in [-0.1, -0.05) is 24.3 Å². The van der Waals surface area contributed by atoms with Gasteiger partial charge < -0.3 is 14.6 Å². The van der Waals surface area contributed by atoms with E-state index in [0.717, 1.165) is 17.1 Å². The number of nitrogens with zero attached hydrogens (tertiary/aromatic N) is 2. The van der Waals surface area contributed by atoms with Gasteiger partial charge in [-0.05, 0) is 36.8 Å². The lowest BCUT2D eigenvalue weighted by Gasteiger charge is -2.13. The first kappa shape index (κ1) is 15.8. The van der Waals surface area contributed by atoms with Gasteiger partial charge in [0.25, 0.3) is 5.91 Å². The van der Waals surface area contributed by atoms with Crippen molar-refractivity contribution in [3.8, 4) is 11.4 Å². The van der Waals surface area contributed by atoms with E-state index in [-0.39, 0.29) is 5.91 Å². The normalized spacial score (nSPS) is 10.4. The molecule has 3 rings (SSSR count). The number of aromatic nitrogens is 2. The second-order valence-corrected chi connectivity index (χ2v) is 5.39. The van der Waals surface area contributed by atoms with Crippen molar-refractivity contribution in [1.29, 1.82) is 0 Å². The summed E-state index contributed by atoms with van der Waals surface area (Å²) in [7, 11) is 1.58. The van der Waals surface area contributed by atoms with Crippen LogP contribution in [0.25, 0.3) is 5.69 Å². The number of nitrogens with one attached hydrogen (secondary N) is 1. The molecule has 0 aliphatic rings. The predicted molar refractivity (Wildman–Crippen MR) is 92.5 cm³/mol. The molecule has 0 bridgehead atoms. The summed E-state index contributed by atoms with van der Waals surface area (Å²) < 4.78 is 7.17. The molecule has 0 aliphatic carbocycles. The van der Waals surface area contributed by atoms with Crippen LogP contribution in [0.5, 0.6) is 5.75 Å². The quantitative estimate of drug-likeness (QED) is 0.785. The van der Waals surface area contributed by atoms with Crippen molar-refractivity contribution in [3.63, 3.8) is 0 Å². The second-order valence-electron chi connectivity index (χ2n) is 5.39. The van der Waals surface area contributed by atoms with E-state index in [9.17, 15) is 4.79 Å². The summed E-state index contributed by atoms with van der Waals surface area (Å²) in [5.41, 5.74) is 2.61. The van der Waals surface area contributed by atoms with E-state index >= 15 is 0 Å². The molecule has 3 aromatic rings. The number of carbonyl (C=O) groups excluding carboxylic acids is 1. The molecule has 5 heteroatoms. The Morgan fingerprint density at radius 1 is 1.21 bits per heavy atom. The molecule has 5 nitrogen and oxygen atoms in total. The summed E-state index contributed by atoms with van der Waals surface area (Å²) in [6.45, 7) is 2.38. The average Bonchev–Trinajstić information content (AvgIpc) is 3.05. The molecule has 1 aromatic heterocycles. The number of imidazole rings is 1. The maximum absolute atomic E-state index is 12.4. The van der Waals surface area contributed by atoms with Gasteiger partial charge in [-0.15, -0.1) is 0 Å². The Hall–Kier alpha value is -3.08. The Labute approximate surface area is 140 Å². The molecular weight excluding hydrogens is 302 g/mol. The first-order chi connectivity index (χ1) is 11.7. The van der Waals surface area contributed by atoms with Gasteiger partial charge >= 0.3 is 0 Å². The molecule has 1 N–H and O–H groups in total. The van der Waals surface area contributed by atoms with Crippen molar-refractivity contribution in [2.24, 2.45) is 0 Å². The SMILES string of the molecule is COc1cccc(C(=O)NCc2ccccc2-n2ccnc2C)c1. The minimum atomic E-state index is -0.133. The molecule has 2 aromatic carbocycles. The zero-order chi connectivity index (χ0) is 16.9. The van der Waals surface area contributed by atoms with Gasteiger partial charge in [0, 0.05) is 24.5 Å². The van der Waals surface area contributed by atoms with Crippen LogP contribution in [0.1, 0.15) is 21.7 Å². The lowest BCUT2D eigenvalue weighted by atomic mass is 10.1. The number of hydrogen-bond acceptors (Lipinski definition) is 3. The van der Waals surface area contributed by atoms with Crippen molar-refractivity contribution in [2.45, 2.75) is 13.5 Å². The van der Waals surface area contributed by atoms with E-state index in [2.05, 4.69) is 10.3 Å². The monoisotopic (exact) mass is 321 g/mol. The van der Waals surface area contributed by atoms with Gasteiger partial charge in [-0.2, -0.15) is 0 Å². The van der Waals surface area contributed by atoms with Gasteiger partial charge in [0.1, 0.15) is 11.6 Å². The molecule has 0 saturated heterocycles. The second kappa shape index (κ2) is 7.00. The maximum Gasteiger partial charge on any atom is 0.251 e. The average molecular weight is 321 g/mol. The number of aryl methyl sites for hydroxylation is 1. The van der Waals surface area contributed by atoms with Gasteiger partial charge in [0.2, 0.25) is 0 Å². The van der Waals surface area contributed by atoms with Crippen LogP contribution in [0.3, 0.4) is 0 Å². The molecule has 1 heterocycles. The molecule has 24 heavy (non-hydrogen) atoms. The predicted octanol–water partition coefficient (Wildman–Crippen LogP) is 3.12. The number of carbonyl (C=O) groups is 1. The van der Waals surface area contributed by atoms with Crippen LogP contribution in [0.2, 0.25) is 0 Å². The molecule has 122 valence electrons. The van der Waals surface area contributed by atoms with Crippen LogP contribution < -0.4 is 10.1 Å². The molecule has 0 aliphatic heterocycles. The number of rotatable bonds is 5. The fourth-order valence-electron chi connectivity index (χ4n) is 2.57. The van der Waals surface area contributed by atoms with Crippen LogP contribution in [-0.4, -0.2) is 22.6 Å². The molecule has 0 fully saturated rings. The minimum Gasteiger partial charge on any atom is -0.497 e. The summed E-state index contributed by atoms with van der Waals surface area (Å²) >= 11 is 0. The van der Waals surface area contributed by atoms with Crippen LogP contribution in [0.15, 0.2) is 60.9 Å². The molecule has 0 unspecified atom stereocenters. The summed E-state index contributed by atoms with van der Waals surface area (Å²) in [5.74, 6) is 1.43. The maximum atomic E-state index is 12.4. The molecule has 1 amide bonds. The topological polar surface area (TPSA) is 56.1 Å². The van der Waals surface area contributed by atoms with E-state index in [4.69, 9.17) is 4.74 Å². The van der Waals surface area contributed by atoms with E-state index in [1.807, 2.05) is 48.0 Å². The third-order valence-corrected chi connectivity index (χ3v) is 3.85. The number of hydrogen-bond donors (Lipinski definition) is 1. The Kier molecular flexibility index (Phi) is 4.61. The molecule has 0 saturated carbocycles. The fourth-order valence-corrected chi connectivity index (χ4v) is 2.57. The molecule has 0 spiro atoms. The summed E-state index contributed by atoms with van der Waals surface area (Å²) in [5, 5.41) is 2.96. The smallest absolute Gasteiger partial charge is 0.251 e. The first-order valence-electron chi connectivity index (χ1n) is 7.69. The number of benzene rings is 2. The van der Waals surface area contributed by atoms with Gasteiger partial charge in [-0.3, -0.25) is 4.79 Å². The summed E-state index contributed by atoms with van der Waals surface area (Å²) in [6, 6.07) is 15.1. The standard InChI is InChI=1S/C19H19N3O2/c1-14-20-10-11-22(14)18-9-4-3-6-16(18)13-21-19(23)15-7-5-8-17(12-15)24-2/h3-12H,13H2,1-2H3,(H,21,23). The number of ether oxygens (including phenoxy) is 1. The van der Waals surface area contributed by atoms with Crippen molar-refractivity contribution in [3.05, 3.63) is 77.9 Å². The third-order valence-electron chi connectivity index (χ3n) is 3.85. The Morgan fingerprint density at radius 3 is 2.79 bits per heavy atom. The van der Waals surface area contributed by atoms with E-state index in [1.165, 1.54) is 0 Å². The van der Waals surface area contributed by atoms with Crippen LogP contribution in [0.4, 0.5) is 0 Å². The number of para-hydroxylation sites is 1. The summed E-state index contributed by atoms with van der Waals surface area (Å²) in [4.78, 5) is 16.6. The molecule has 0 radical (unpaired) electrons. The lowest BCUT2D eigenvalue weighted by Crippen LogP contribution is -2.23.